The molecule has 2 aromatic rings. The molecule has 1 aromatic carbocycles. The van der Waals surface area contributed by atoms with Crippen molar-refractivity contribution in [3.8, 4) is 0 Å². The van der Waals surface area contributed by atoms with Crippen LogP contribution in [0.15, 0.2) is 33.9 Å². The Kier molecular flexibility index (Phi) is 4.75. The first kappa shape index (κ1) is 16.2. The number of carbonyl (C=O) groups excluding carboxylic acids is 2. The van der Waals surface area contributed by atoms with Crippen molar-refractivity contribution < 1.29 is 9.59 Å². The topological polar surface area (TPSA) is 138 Å². The standard InChI is InChI=1S/C15H16N4O4/c1-8-9(14(22)19-15(23)17-8)6-7-12(20)18-11-5-3-2-4-10(11)13(16)21/h2-5H,6-7H2,1H3,(H2,16,21)(H,18,20)(H2,17,19,22,23). The van der Waals surface area contributed by atoms with Crippen LogP contribution in [0, 0.1) is 6.92 Å². The molecule has 0 fully saturated rings. The molecule has 8 nitrogen and oxygen atoms in total. The Labute approximate surface area is 130 Å². The van der Waals surface area contributed by atoms with E-state index < -0.39 is 17.2 Å². The summed E-state index contributed by atoms with van der Waals surface area (Å²) in [5.74, 6) is -1.02. The Bertz CT molecular complexity index is 866. The van der Waals surface area contributed by atoms with Crippen molar-refractivity contribution in [2.75, 3.05) is 5.32 Å². The van der Waals surface area contributed by atoms with E-state index in [9.17, 15) is 19.2 Å². The Morgan fingerprint density at radius 2 is 1.87 bits per heavy atom. The lowest BCUT2D eigenvalue weighted by atomic mass is 10.1. The zero-order valence-corrected chi connectivity index (χ0v) is 12.4. The second-order valence-electron chi connectivity index (χ2n) is 4.97. The van der Waals surface area contributed by atoms with Crippen molar-refractivity contribution in [3.05, 3.63) is 61.9 Å². The second kappa shape index (κ2) is 6.73. The molecule has 0 unspecified atom stereocenters. The lowest BCUT2D eigenvalue weighted by Gasteiger charge is -2.09. The number of nitrogens with two attached hydrogens (primary N) is 1. The molecule has 0 saturated carbocycles. The molecule has 5 N–H and O–H groups in total. The third-order valence-corrected chi connectivity index (χ3v) is 3.32. The SMILES string of the molecule is Cc1[nH]c(=O)[nH]c(=O)c1CCC(=O)Nc1ccccc1C(N)=O. The highest BCUT2D eigenvalue weighted by Gasteiger charge is 2.12. The zero-order valence-electron chi connectivity index (χ0n) is 12.4. The summed E-state index contributed by atoms with van der Waals surface area (Å²) in [6.45, 7) is 1.59. The van der Waals surface area contributed by atoms with Gasteiger partial charge in [-0.3, -0.25) is 19.4 Å². The highest BCUT2D eigenvalue weighted by Crippen LogP contribution is 2.14. The summed E-state index contributed by atoms with van der Waals surface area (Å²) in [7, 11) is 0. The van der Waals surface area contributed by atoms with Crippen LogP contribution in [0.1, 0.15) is 28.0 Å². The van der Waals surface area contributed by atoms with E-state index in [4.69, 9.17) is 5.73 Å². The number of carbonyl (C=O) groups is 2. The number of aryl methyl sites for hydroxylation is 1. The van der Waals surface area contributed by atoms with Gasteiger partial charge >= 0.3 is 5.69 Å². The number of benzene rings is 1. The molecule has 0 atom stereocenters. The molecule has 0 bridgehead atoms. The fraction of sp³-hybridized carbons (Fsp3) is 0.200. The molecule has 0 spiro atoms. The minimum absolute atomic E-state index is 0.0169. The number of aromatic amines is 2. The van der Waals surface area contributed by atoms with Crippen molar-refractivity contribution in [3.63, 3.8) is 0 Å². The first-order chi connectivity index (χ1) is 10.9. The van der Waals surface area contributed by atoms with Crippen LogP contribution in [0.4, 0.5) is 5.69 Å². The molecule has 120 valence electrons. The molecule has 23 heavy (non-hydrogen) atoms. The molecule has 1 aromatic heterocycles. The number of H-pyrrole nitrogens is 2. The molecule has 0 aliphatic rings. The maximum Gasteiger partial charge on any atom is 0.325 e. The number of anilines is 1. The minimum atomic E-state index is -0.645. The molecule has 1 heterocycles. The van der Waals surface area contributed by atoms with Crippen LogP contribution in [0.25, 0.3) is 0 Å². The fourth-order valence-electron chi connectivity index (χ4n) is 2.19. The van der Waals surface area contributed by atoms with Crippen molar-refractivity contribution in [1.29, 1.82) is 0 Å². The van der Waals surface area contributed by atoms with Crippen LogP contribution < -0.4 is 22.3 Å². The van der Waals surface area contributed by atoms with Gasteiger partial charge in [-0.2, -0.15) is 0 Å². The van der Waals surface area contributed by atoms with Crippen molar-refractivity contribution in [2.24, 2.45) is 5.73 Å². The molecule has 0 aliphatic heterocycles. The van der Waals surface area contributed by atoms with Crippen LogP contribution in [-0.4, -0.2) is 21.8 Å². The van der Waals surface area contributed by atoms with Crippen molar-refractivity contribution in [1.82, 2.24) is 9.97 Å². The predicted molar refractivity (Wildman–Crippen MR) is 84.3 cm³/mol. The lowest BCUT2D eigenvalue weighted by Crippen LogP contribution is -2.28. The maximum absolute atomic E-state index is 12.0. The van der Waals surface area contributed by atoms with Crippen LogP contribution in [-0.2, 0) is 11.2 Å². The van der Waals surface area contributed by atoms with Gasteiger partial charge in [0.2, 0.25) is 5.91 Å². The van der Waals surface area contributed by atoms with Crippen molar-refractivity contribution in [2.45, 2.75) is 19.8 Å². The Morgan fingerprint density at radius 3 is 2.52 bits per heavy atom. The molecule has 2 rings (SSSR count). The van der Waals surface area contributed by atoms with Gasteiger partial charge in [-0.1, -0.05) is 12.1 Å². The smallest absolute Gasteiger partial charge is 0.325 e. The number of nitrogens with one attached hydrogen (secondary N) is 3. The van der Waals surface area contributed by atoms with Crippen molar-refractivity contribution >= 4 is 17.5 Å². The van der Waals surface area contributed by atoms with Gasteiger partial charge in [0.05, 0.1) is 11.3 Å². The number of amides is 2. The van der Waals surface area contributed by atoms with E-state index in [1.165, 1.54) is 6.07 Å². The summed E-state index contributed by atoms with van der Waals surface area (Å²) >= 11 is 0. The molecule has 0 saturated heterocycles. The second-order valence-corrected chi connectivity index (χ2v) is 4.97. The first-order valence-corrected chi connectivity index (χ1v) is 6.89. The van der Waals surface area contributed by atoms with Crippen LogP contribution in [0.5, 0.6) is 0 Å². The van der Waals surface area contributed by atoms with Crippen LogP contribution >= 0.6 is 0 Å². The highest BCUT2D eigenvalue weighted by atomic mass is 16.2. The largest absolute Gasteiger partial charge is 0.366 e. The van der Waals surface area contributed by atoms with Gasteiger partial charge in [0.15, 0.2) is 0 Å². The predicted octanol–water partition coefficient (Wildman–Crippen LogP) is 0.0418. The highest BCUT2D eigenvalue weighted by molar-refractivity contribution is 6.02. The fourth-order valence-corrected chi connectivity index (χ4v) is 2.19. The van der Waals surface area contributed by atoms with Crippen LogP contribution in [0.3, 0.4) is 0 Å². The van der Waals surface area contributed by atoms with E-state index in [-0.39, 0.29) is 24.3 Å². The molecule has 0 aliphatic carbocycles. The minimum Gasteiger partial charge on any atom is -0.366 e. The van der Waals surface area contributed by atoms with Gasteiger partial charge in [-0.05, 0) is 25.5 Å². The average molecular weight is 316 g/mol. The summed E-state index contributed by atoms with van der Waals surface area (Å²) in [6, 6.07) is 6.38. The zero-order chi connectivity index (χ0) is 17.0. The normalized spacial score (nSPS) is 10.3. The number of para-hydroxylation sites is 1. The van der Waals surface area contributed by atoms with Gasteiger partial charge < -0.3 is 16.0 Å². The van der Waals surface area contributed by atoms with E-state index >= 15 is 0 Å². The number of hydrogen-bond acceptors (Lipinski definition) is 4. The summed E-state index contributed by atoms with van der Waals surface area (Å²) in [4.78, 5) is 50.7. The summed E-state index contributed by atoms with van der Waals surface area (Å²) in [5, 5.41) is 2.59. The molecule has 8 heteroatoms. The quantitative estimate of drug-likeness (QED) is 0.618. The summed E-state index contributed by atoms with van der Waals surface area (Å²) in [5.41, 5.74) is 5.42. The number of primary amides is 1. The molecular weight excluding hydrogens is 300 g/mol. The average Bonchev–Trinajstić information content (AvgIpc) is 2.46. The van der Waals surface area contributed by atoms with Gasteiger partial charge in [-0.15, -0.1) is 0 Å². The summed E-state index contributed by atoms with van der Waals surface area (Å²) < 4.78 is 0. The Morgan fingerprint density at radius 1 is 1.17 bits per heavy atom. The summed E-state index contributed by atoms with van der Waals surface area (Å²) in [6.07, 6.45) is 0.172. The van der Waals surface area contributed by atoms with Gasteiger partial charge in [0.25, 0.3) is 11.5 Å². The van der Waals surface area contributed by atoms with E-state index in [0.29, 0.717) is 16.9 Å². The monoisotopic (exact) mass is 316 g/mol. The van der Waals surface area contributed by atoms with Crippen LogP contribution in [0.2, 0.25) is 0 Å². The van der Waals surface area contributed by atoms with E-state index in [2.05, 4.69) is 15.3 Å². The Balaban J connectivity index is 2.09. The van der Waals surface area contributed by atoms with Gasteiger partial charge in [-0.25, -0.2) is 4.79 Å². The first-order valence-electron chi connectivity index (χ1n) is 6.89. The van der Waals surface area contributed by atoms with Gasteiger partial charge in [0.1, 0.15) is 0 Å². The molecule has 2 amide bonds. The van der Waals surface area contributed by atoms with E-state index in [1.54, 1.807) is 25.1 Å². The number of rotatable bonds is 5. The van der Waals surface area contributed by atoms with E-state index in [0.717, 1.165) is 0 Å². The lowest BCUT2D eigenvalue weighted by molar-refractivity contribution is -0.116. The third kappa shape index (κ3) is 3.94. The molecule has 0 radical (unpaired) electrons. The Hall–Kier alpha value is -3.16. The molecular formula is C15H16N4O4. The van der Waals surface area contributed by atoms with Gasteiger partial charge in [0, 0.05) is 17.7 Å². The van der Waals surface area contributed by atoms with E-state index in [1.807, 2.05) is 0 Å². The number of aromatic nitrogens is 2. The number of hydrogen-bond donors (Lipinski definition) is 4. The third-order valence-electron chi connectivity index (χ3n) is 3.32. The maximum atomic E-state index is 12.0.